The Kier molecular flexibility index (Phi) is 18.1. The Bertz CT molecular complexity index is 1600. The van der Waals surface area contributed by atoms with Crippen LogP contribution in [0.2, 0.25) is 0 Å². The van der Waals surface area contributed by atoms with Crippen molar-refractivity contribution in [2.75, 3.05) is 13.2 Å². The van der Waals surface area contributed by atoms with Crippen LogP contribution in [0, 0.1) is 0 Å². The van der Waals surface area contributed by atoms with Gasteiger partial charge in [0.05, 0.1) is 6.10 Å². The molecule has 3 heterocycles. The fraction of sp³-hybridized carbons (Fsp3) is 0.750. The van der Waals surface area contributed by atoms with Gasteiger partial charge in [-0.25, -0.2) is 0 Å². The Labute approximate surface area is 342 Å². The Morgan fingerprint density at radius 3 is 1.15 bits per heavy atom. The number of carbonyl (C=O) groups is 9. The third-order valence-electron chi connectivity index (χ3n) is 8.53. The molecule has 15 atom stereocenters. The fourth-order valence-electron chi connectivity index (χ4n) is 6.55. The molecule has 3 fully saturated rings. The second-order valence-electron chi connectivity index (χ2n) is 13.6. The van der Waals surface area contributed by atoms with Crippen LogP contribution < -0.4 is 0 Å². The van der Waals surface area contributed by atoms with Crippen molar-refractivity contribution in [3.8, 4) is 0 Å². The smallest absolute Gasteiger partial charge is 0.303 e. The first-order valence-corrected chi connectivity index (χ1v) is 18.4. The molecule has 3 aliphatic rings. The highest BCUT2D eigenvalue weighted by Crippen LogP contribution is 2.37. The second-order valence-corrected chi connectivity index (χ2v) is 13.6. The van der Waals surface area contributed by atoms with Crippen LogP contribution in [0.5, 0.6) is 0 Å². The van der Waals surface area contributed by atoms with E-state index in [1.54, 1.807) is 0 Å². The maximum atomic E-state index is 12.6. The lowest BCUT2D eigenvalue weighted by Gasteiger charge is -2.50. The van der Waals surface area contributed by atoms with Crippen LogP contribution in [0.4, 0.5) is 0 Å². The van der Waals surface area contributed by atoms with Crippen LogP contribution in [-0.4, -0.2) is 164 Å². The number of hydrogen-bond donors (Lipinski definition) is 1. The number of hydrogen-bond acceptors (Lipinski definition) is 24. The van der Waals surface area contributed by atoms with Gasteiger partial charge in [-0.15, -0.1) is 0 Å². The molecule has 0 saturated carbocycles. The molecule has 0 aromatic carbocycles. The zero-order chi connectivity index (χ0) is 45.2. The van der Waals surface area contributed by atoms with Gasteiger partial charge in [-0.05, 0) is 6.92 Å². The predicted octanol–water partition coefficient (Wildman–Crippen LogP) is -1.41. The van der Waals surface area contributed by atoms with E-state index in [0.717, 1.165) is 62.3 Å². The number of rotatable bonds is 15. The van der Waals surface area contributed by atoms with Gasteiger partial charge in [0, 0.05) is 62.3 Å². The van der Waals surface area contributed by atoms with Gasteiger partial charge in [-0.2, -0.15) is 0 Å². The molecular weight excluding hydrogens is 816 g/mol. The molecule has 0 aromatic heterocycles. The van der Waals surface area contributed by atoms with Crippen molar-refractivity contribution in [3.63, 3.8) is 0 Å². The highest BCUT2D eigenvalue weighted by molar-refractivity contribution is 5.70. The quantitative estimate of drug-likeness (QED) is 0.146. The number of esters is 9. The highest BCUT2D eigenvalue weighted by atomic mass is 16.8. The van der Waals surface area contributed by atoms with E-state index in [2.05, 4.69) is 0 Å². The summed E-state index contributed by atoms with van der Waals surface area (Å²) in [6.45, 7) is 9.11. The number of carbonyl (C=O) groups excluding carboxylic acids is 9. The summed E-state index contributed by atoms with van der Waals surface area (Å²) in [6, 6.07) is 0. The van der Waals surface area contributed by atoms with Crippen LogP contribution in [0.25, 0.3) is 0 Å². The summed E-state index contributed by atoms with van der Waals surface area (Å²) < 4.78 is 79.0. The summed E-state index contributed by atoms with van der Waals surface area (Å²) in [5.74, 6) is -8.27. The fourth-order valence-corrected chi connectivity index (χ4v) is 6.55. The molecule has 1 N–H and O–H groups in total. The molecular formula is C36H50O24. The van der Waals surface area contributed by atoms with Gasteiger partial charge in [0.1, 0.15) is 37.6 Å². The summed E-state index contributed by atoms with van der Waals surface area (Å²) in [5, 5.41) is 11.3. The number of ether oxygens (including phenoxy) is 14. The minimum Gasteiger partial charge on any atom is -0.463 e. The molecule has 0 spiro atoms. The van der Waals surface area contributed by atoms with Crippen LogP contribution >= 0.6 is 0 Å². The number of aliphatic hydroxyl groups is 1. The maximum Gasteiger partial charge on any atom is 0.303 e. The molecule has 0 aromatic rings. The van der Waals surface area contributed by atoms with Gasteiger partial charge < -0.3 is 71.4 Å². The average Bonchev–Trinajstić information content (AvgIpc) is 3.10. The Morgan fingerprint density at radius 2 is 0.717 bits per heavy atom. The topological polar surface area (TPSA) is 303 Å². The largest absolute Gasteiger partial charge is 0.463 e. The second kappa shape index (κ2) is 22.0. The van der Waals surface area contributed by atoms with E-state index in [4.69, 9.17) is 66.3 Å². The maximum absolute atomic E-state index is 12.6. The van der Waals surface area contributed by atoms with Crippen molar-refractivity contribution in [1.82, 2.24) is 0 Å². The summed E-state index contributed by atoms with van der Waals surface area (Å²) in [4.78, 5) is 111. The average molecular weight is 867 g/mol. The molecule has 0 radical (unpaired) electrons. The van der Waals surface area contributed by atoms with Gasteiger partial charge in [0.2, 0.25) is 0 Å². The minimum atomic E-state index is -2.10. The van der Waals surface area contributed by atoms with E-state index >= 15 is 0 Å². The standard InChI is InChI=1S/C36H50O24/c1-13-25(50-16(4)39)28(52-18(6)41)32(55-21(9)44)35(49-13)60-29-27(23(11-47-14(2)37)57-34(46)31(29)54-20(8)43)59-36-33(56-22(10)45)30(53-19(7)42)26(51-17(5)40)24(58-36)12-48-15(3)38/h13,23-36,46H,11-12H2,1-10H3/t13-,23+,24+,25+,26+,27+,28+,29-,30-,31+,32-,33-,34+,35-,36-/m0/s1. The first-order chi connectivity index (χ1) is 28.0. The van der Waals surface area contributed by atoms with Crippen LogP contribution in [0.1, 0.15) is 69.2 Å². The van der Waals surface area contributed by atoms with Crippen molar-refractivity contribution < 1.29 is 115 Å². The third-order valence-corrected chi connectivity index (χ3v) is 8.53. The van der Waals surface area contributed by atoms with E-state index in [1.807, 2.05) is 0 Å². The van der Waals surface area contributed by atoms with Gasteiger partial charge in [-0.3, -0.25) is 43.2 Å². The monoisotopic (exact) mass is 866 g/mol. The molecule has 0 unspecified atom stereocenters. The summed E-state index contributed by atoms with van der Waals surface area (Å²) in [5.41, 5.74) is 0. The van der Waals surface area contributed by atoms with Crippen molar-refractivity contribution >= 4 is 53.7 Å². The van der Waals surface area contributed by atoms with Crippen LogP contribution in [0.15, 0.2) is 0 Å². The van der Waals surface area contributed by atoms with Gasteiger partial charge in [0.15, 0.2) is 61.6 Å². The predicted molar refractivity (Wildman–Crippen MR) is 186 cm³/mol. The normalized spacial score (nSPS) is 33.8. The molecule has 0 aliphatic carbocycles. The molecule has 0 amide bonds. The van der Waals surface area contributed by atoms with Crippen molar-refractivity contribution in [2.45, 2.75) is 161 Å². The lowest BCUT2D eigenvalue weighted by molar-refractivity contribution is -0.383. The Morgan fingerprint density at radius 1 is 0.383 bits per heavy atom. The number of aliphatic hydroxyl groups excluding tert-OH is 1. The molecule has 0 bridgehead atoms. The summed E-state index contributed by atoms with van der Waals surface area (Å²) in [7, 11) is 0. The summed E-state index contributed by atoms with van der Waals surface area (Å²) in [6.07, 6.45) is -25.8. The third kappa shape index (κ3) is 14.0. The van der Waals surface area contributed by atoms with E-state index in [0.29, 0.717) is 0 Å². The van der Waals surface area contributed by atoms with E-state index in [-0.39, 0.29) is 0 Å². The van der Waals surface area contributed by atoms with Gasteiger partial charge in [0.25, 0.3) is 0 Å². The molecule has 3 rings (SSSR count). The molecule has 24 heteroatoms. The first kappa shape index (κ1) is 49.4. The molecule has 3 saturated heterocycles. The van der Waals surface area contributed by atoms with E-state index in [1.165, 1.54) is 6.92 Å². The first-order valence-electron chi connectivity index (χ1n) is 18.4. The minimum absolute atomic E-state index is 0.663. The zero-order valence-electron chi connectivity index (χ0n) is 34.4. The Balaban J connectivity index is 2.28. The lowest BCUT2D eigenvalue weighted by Crippen LogP contribution is -2.68. The Hall–Kier alpha value is -5.01. The molecule has 24 nitrogen and oxygen atoms in total. The van der Waals surface area contributed by atoms with Crippen LogP contribution in [0.3, 0.4) is 0 Å². The van der Waals surface area contributed by atoms with Crippen molar-refractivity contribution in [2.24, 2.45) is 0 Å². The van der Waals surface area contributed by atoms with Crippen molar-refractivity contribution in [3.05, 3.63) is 0 Å². The van der Waals surface area contributed by atoms with Crippen LogP contribution in [-0.2, 0) is 109 Å². The van der Waals surface area contributed by atoms with Gasteiger partial charge in [-0.1, -0.05) is 0 Å². The molecule has 3 aliphatic heterocycles. The van der Waals surface area contributed by atoms with E-state index < -0.39 is 159 Å². The SMILES string of the molecule is CC(=O)OC[C@H]1O[C@@H](O[C@H]2[C@H](O[C@@H]3O[C@@H](C)[C@@H](OC(C)=O)[C@@H](OC(C)=O)[C@@H]3OC(C)=O)[C@@H](OC(C)=O)[C@H](O)O[C@@H]2COC(C)=O)[C@@H](OC(C)=O)[C@@H](OC(C)=O)[C@@H]1OC(C)=O. The summed E-state index contributed by atoms with van der Waals surface area (Å²) >= 11 is 0. The lowest BCUT2D eigenvalue weighted by atomic mass is 9.95. The van der Waals surface area contributed by atoms with Gasteiger partial charge >= 0.3 is 53.7 Å². The van der Waals surface area contributed by atoms with E-state index in [9.17, 15) is 48.3 Å². The zero-order valence-corrected chi connectivity index (χ0v) is 34.4. The molecule has 60 heavy (non-hydrogen) atoms. The van der Waals surface area contributed by atoms with Crippen molar-refractivity contribution in [1.29, 1.82) is 0 Å². The highest BCUT2D eigenvalue weighted by Gasteiger charge is 2.59. The molecule has 338 valence electrons.